The smallest absolute Gasteiger partial charge is 0.290 e. The normalized spacial score (nSPS) is 17.0. The van der Waals surface area contributed by atoms with Gasteiger partial charge in [-0.3, -0.25) is 0 Å². The SMILES string of the molecule is COc1ccc(C2(C)OC=CO2)nc1Br. The third-order valence-electron chi connectivity index (χ3n) is 2.14. The van der Waals surface area contributed by atoms with Crippen LogP contribution in [0.3, 0.4) is 0 Å². The summed E-state index contributed by atoms with van der Waals surface area (Å²) in [5.41, 5.74) is 0.681. The molecule has 2 rings (SSSR count). The zero-order chi connectivity index (χ0) is 10.9. The van der Waals surface area contributed by atoms with Crippen LogP contribution in [0.4, 0.5) is 0 Å². The van der Waals surface area contributed by atoms with E-state index in [4.69, 9.17) is 14.2 Å². The average molecular weight is 272 g/mol. The standard InChI is InChI=1S/C10H10BrNO3/c1-10(14-5-6-15-10)8-4-3-7(13-2)9(11)12-8/h3-6H,1-2H3. The molecule has 0 atom stereocenters. The topological polar surface area (TPSA) is 40.6 Å². The molecule has 0 saturated heterocycles. The highest BCUT2D eigenvalue weighted by Crippen LogP contribution is 2.33. The van der Waals surface area contributed by atoms with Gasteiger partial charge in [-0.25, -0.2) is 4.98 Å². The van der Waals surface area contributed by atoms with Crippen LogP contribution in [0, 0.1) is 0 Å². The molecule has 0 saturated carbocycles. The van der Waals surface area contributed by atoms with Gasteiger partial charge in [-0.1, -0.05) is 0 Å². The lowest BCUT2D eigenvalue weighted by Crippen LogP contribution is -2.23. The monoisotopic (exact) mass is 271 g/mol. The number of hydrogen-bond acceptors (Lipinski definition) is 4. The Hall–Kier alpha value is -1.23. The second-order valence-electron chi connectivity index (χ2n) is 3.14. The molecule has 0 unspecified atom stereocenters. The minimum Gasteiger partial charge on any atom is -0.494 e. The van der Waals surface area contributed by atoms with E-state index in [9.17, 15) is 0 Å². The predicted molar refractivity (Wildman–Crippen MR) is 57.2 cm³/mol. The summed E-state index contributed by atoms with van der Waals surface area (Å²) in [7, 11) is 1.59. The molecule has 2 heterocycles. The average Bonchev–Trinajstić information content (AvgIpc) is 2.66. The molecule has 80 valence electrons. The van der Waals surface area contributed by atoms with Gasteiger partial charge in [0, 0.05) is 6.92 Å². The van der Waals surface area contributed by atoms with Gasteiger partial charge in [0.2, 0.25) is 0 Å². The lowest BCUT2D eigenvalue weighted by molar-refractivity contribution is -0.136. The molecule has 0 N–H and O–H groups in total. The second-order valence-corrected chi connectivity index (χ2v) is 3.89. The maximum absolute atomic E-state index is 5.33. The Morgan fingerprint density at radius 3 is 2.53 bits per heavy atom. The number of aromatic nitrogens is 1. The number of halogens is 1. The largest absolute Gasteiger partial charge is 0.494 e. The molecule has 0 amide bonds. The molecule has 1 aliphatic heterocycles. The maximum Gasteiger partial charge on any atom is 0.290 e. The zero-order valence-corrected chi connectivity index (χ0v) is 9.95. The van der Waals surface area contributed by atoms with Gasteiger partial charge in [0.25, 0.3) is 5.79 Å². The molecule has 0 spiro atoms. The van der Waals surface area contributed by atoms with Gasteiger partial charge < -0.3 is 14.2 Å². The summed E-state index contributed by atoms with van der Waals surface area (Å²) in [4.78, 5) is 4.30. The van der Waals surface area contributed by atoms with Crippen molar-refractivity contribution >= 4 is 15.9 Å². The van der Waals surface area contributed by atoms with Crippen molar-refractivity contribution in [2.75, 3.05) is 7.11 Å². The molecule has 1 aliphatic rings. The van der Waals surface area contributed by atoms with E-state index in [1.807, 2.05) is 6.07 Å². The zero-order valence-electron chi connectivity index (χ0n) is 8.36. The Bertz CT molecular complexity index is 398. The van der Waals surface area contributed by atoms with Crippen LogP contribution in [-0.2, 0) is 15.3 Å². The van der Waals surface area contributed by atoms with Crippen LogP contribution < -0.4 is 4.74 Å². The first kappa shape index (κ1) is 10.3. The first-order valence-electron chi connectivity index (χ1n) is 4.37. The Kier molecular flexibility index (Phi) is 2.56. The van der Waals surface area contributed by atoms with Crippen molar-refractivity contribution in [3.05, 3.63) is 35.0 Å². The minimum absolute atomic E-state index is 0.628. The molecule has 4 nitrogen and oxygen atoms in total. The van der Waals surface area contributed by atoms with Crippen molar-refractivity contribution in [3.63, 3.8) is 0 Å². The van der Waals surface area contributed by atoms with E-state index in [1.165, 1.54) is 12.5 Å². The number of ether oxygens (including phenoxy) is 3. The highest BCUT2D eigenvalue weighted by atomic mass is 79.9. The van der Waals surface area contributed by atoms with Crippen LogP contribution >= 0.6 is 15.9 Å². The molecule has 0 bridgehead atoms. The number of hydrogen-bond donors (Lipinski definition) is 0. The van der Waals surface area contributed by atoms with E-state index < -0.39 is 5.79 Å². The van der Waals surface area contributed by atoms with Crippen LogP contribution in [0.15, 0.2) is 29.3 Å². The Balaban J connectivity index is 2.34. The van der Waals surface area contributed by atoms with Crippen molar-refractivity contribution < 1.29 is 14.2 Å². The van der Waals surface area contributed by atoms with Crippen molar-refractivity contribution in [1.29, 1.82) is 0 Å². The molecule has 15 heavy (non-hydrogen) atoms. The molecule has 1 aromatic heterocycles. The summed E-state index contributed by atoms with van der Waals surface area (Å²) < 4.78 is 16.4. The molecule has 0 aromatic carbocycles. The minimum atomic E-state index is -0.839. The Morgan fingerprint density at radius 2 is 2.00 bits per heavy atom. The molecule has 0 radical (unpaired) electrons. The summed E-state index contributed by atoms with van der Waals surface area (Å²) in [6, 6.07) is 3.61. The van der Waals surface area contributed by atoms with Gasteiger partial charge in [0.05, 0.1) is 7.11 Å². The van der Waals surface area contributed by atoms with Gasteiger partial charge in [-0.2, -0.15) is 0 Å². The third kappa shape index (κ3) is 1.79. The highest BCUT2D eigenvalue weighted by Gasteiger charge is 2.34. The van der Waals surface area contributed by atoms with Crippen molar-refractivity contribution in [2.45, 2.75) is 12.7 Å². The molecule has 5 heteroatoms. The number of pyridine rings is 1. The quantitative estimate of drug-likeness (QED) is 0.776. The Labute approximate surface area is 96.0 Å². The van der Waals surface area contributed by atoms with Gasteiger partial charge in [-0.15, -0.1) is 0 Å². The van der Waals surface area contributed by atoms with E-state index in [1.54, 1.807) is 20.1 Å². The predicted octanol–water partition coefficient (Wildman–Crippen LogP) is 2.54. The van der Waals surface area contributed by atoms with E-state index in [0.717, 1.165) is 0 Å². The van der Waals surface area contributed by atoms with E-state index in [-0.39, 0.29) is 0 Å². The summed E-state index contributed by atoms with van der Waals surface area (Å²) in [6.45, 7) is 1.80. The fourth-order valence-corrected chi connectivity index (χ4v) is 1.78. The summed E-state index contributed by atoms with van der Waals surface area (Å²) >= 11 is 3.31. The summed E-state index contributed by atoms with van der Waals surface area (Å²) in [6.07, 6.45) is 3.00. The van der Waals surface area contributed by atoms with Crippen molar-refractivity contribution in [2.24, 2.45) is 0 Å². The highest BCUT2D eigenvalue weighted by molar-refractivity contribution is 9.10. The van der Waals surface area contributed by atoms with Gasteiger partial charge in [0.1, 0.15) is 22.8 Å². The van der Waals surface area contributed by atoms with Crippen LogP contribution in [-0.4, -0.2) is 12.1 Å². The molecule has 0 fully saturated rings. The number of rotatable bonds is 2. The molecular weight excluding hydrogens is 262 g/mol. The lowest BCUT2D eigenvalue weighted by Gasteiger charge is -2.22. The lowest BCUT2D eigenvalue weighted by atomic mass is 10.2. The van der Waals surface area contributed by atoms with Crippen molar-refractivity contribution in [3.8, 4) is 5.75 Å². The van der Waals surface area contributed by atoms with Gasteiger partial charge in [0.15, 0.2) is 5.75 Å². The number of nitrogens with zero attached hydrogens (tertiary/aromatic N) is 1. The maximum atomic E-state index is 5.33. The summed E-state index contributed by atoms with van der Waals surface area (Å²) in [5, 5.41) is 0. The fourth-order valence-electron chi connectivity index (χ4n) is 1.29. The van der Waals surface area contributed by atoms with E-state index >= 15 is 0 Å². The molecular formula is C10H10BrNO3. The molecule has 0 aliphatic carbocycles. The fraction of sp³-hybridized carbons (Fsp3) is 0.300. The third-order valence-corrected chi connectivity index (χ3v) is 2.71. The van der Waals surface area contributed by atoms with E-state index in [2.05, 4.69) is 20.9 Å². The van der Waals surface area contributed by atoms with Crippen LogP contribution in [0.2, 0.25) is 0 Å². The van der Waals surface area contributed by atoms with Crippen LogP contribution in [0.1, 0.15) is 12.6 Å². The summed E-state index contributed by atoms with van der Waals surface area (Å²) in [5.74, 6) is -0.164. The van der Waals surface area contributed by atoms with Crippen molar-refractivity contribution in [1.82, 2.24) is 4.98 Å². The van der Waals surface area contributed by atoms with Crippen LogP contribution in [0.25, 0.3) is 0 Å². The van der Waals surface area contributed by atoms with E-state index in [0.29, 0.717) is 16.0 Å². The first-order valence-corrected chi connectivity index (χ1v) is 5.17. The molecule has 1 aromatic rings. The van der Waals surface area contributed by atoms with Gasteiger partial charge in [-0.05, 0) is 28.1 Å². The Morgan fingerprint density at radius 1 is 1.33 bits per heavy atom. The van der Waals surface area contributed by atoms with Gasteiger partial charge >= 0.3 is 0 Å². The first-order chi connectivity index (χ1) is 7.15. The number of methoxy groups -OCH3 is 1. The van der Waals surface area contributed by atoms with Crippen LogP contribution in [0.5, 0.6) is 5.75 Å². The second kappa shape index (κ2) is 3.73.